The zero-order valence-electron chi connectivity index (χ0n) is 14.3. The van der Waals surface area contributed by atoms with Crippen molar-refractivity contribution < 1.29 is 0 Å². The largest absolute Gasteiger partial charge is 0.341 e. The van der Waals surface area contributed by atoms with E-state index in [1.165, 1.54) is 25.7 Å². The Balaban J connectivity index is 1.55. The van der Waals surface area contributed by atoms with E-state index >= 15 is 0 Å². The van der Waals surface area contributed by atoms with Gasteiger partial charge in [-0.15, -0.1) is 0 Å². The molecule has 0 radical (unpaired) electrons. The third kappa shape index (κ3) is 3.87. The Labute approximate surface area is 147 Å². The minimum atomic E-state index is 0.506. The minimum Gasteiger partial charge on any atom is -0.341 e. The Morgan fingerprint density at radius 2 is 1.36 bits per heavy atom. The van der Waals surface area contributed by atoms with Crippen LogP contribution in [0.3, 0.4) is 0 Å². The molecule has 0 bridgehead atoms. The highest BCUT2D eigenvalue weighted by molar-refractivity contribution is 5.79. The third-order valence-electron chi connectivity index (χ3n) is 4.57. The first-order chi connectivity index (χ1) is 12.4. The molecule has 2 saturated heterocycles. The van der Waals surface area contributed by atoms with Crippen LogP contribution in [0, 0.1) is 0 Å². The molecule has 0 spiro atoms. The second-order valence-corrected chi connectivity index (χ2v) is 6.43. The lowest BCUT2D eigenvalue weighted by Crippen LogP contribution is -2.25. The van der Waals surface area contributed by atoms with E-state index in [0.29, 0.717) is 5.95 Å². The van der Waals surface area contributed by atoms with Crippen LogP contribution >= 0.6 is 0 Å². The molecule has 1 N–H and O–H groups in total. The molecule has 0 amide bonds. The maximum absolute atomic E-state index is 4.70. The smallest absolute Gasteiger partial charge is 0.250 e. The summed E-state index contributed by atoms with van der Waals surface area (Å²) in [6, 6.07) is 9.97. The van der Waals surface area contributed by atoms with Gasteiger partial charge in [0.25, 0.3) is 0 Å². The standard InChI is InChI=1S/C18H23N7/c1-2-8-15(9-3-1)14-19-23-16-20-17(24-10-4-5-11-24)22-18(21-16)25-12-6-7-13-25/h1-3,8-9,14H,4-7,10-13H2,(H,20,21,22,23)/b19-14+. The molecule has 2 aliphatic rings. The number of anilines is 3. The fraction of sp³-hybridized carbons (Fsp3) is 0.444. The highest BCUT2D eigenvalue weighted by atomic mass is 15.4. The predicted octanol–water partition coefficient (Wildman–Crippen LogP) is 2.52. The van der Waals surface area contributed by atoms with Crippen molar-refractivity contribution in [2.45, 2.75) is 25.7 Å². The van der Waals surface area contributed by atoms with Crippen molar-refractivity contribution >= 4 is 24.1 Å². The first-order valence-corrected chi connectivity index (χ1v) is 8.98. The summed E-state index contributed by atoms with van der Waals surface area (Å²) in [7, 11) is 0. The monoisotopic (exact) mass is 337 g/mol. The van der Waals surface area contributed by atoms with E-state index < -0.39 is 0 Å². The SMILES string of the molecule is C(=N\Nc1nc(N2CCCC2)nc(N2CCCC2)n1)/c1ccccc1. The third-order valence-corrected chi connectivity index (χ3v) is 4.57. The van der Waals surface area contributed by atoms with E-state index in [4.69, 9.17) is 4.98 Å². The first-order valence-electron chi connectivity index (χ1n) is 8.98. The Morgan fingerprint density at radius 1 is 0.800 bits per heavy atom. The maximum atomic E-state index is 4.70. The average Bonchev–Trinajstić information content (AvgIpc) is 3.36. The minimum absolute atomic E-state index is 0.506. The Bertz CT molecular complexity index is 685. The number of hydrogen-bond donors (Lipinski definition) is 1. The van der Waals surface area contributed by atoms with Crippen molar-refractivity contribution in [3.05, 3.63) is 35.9 Å². The number of nitrogens with one attached hydrogen (secondary N) is 1. The van der Waals surface area contributed by atoms with Gasteiger partial charge in [-0.1, -0.05) is 30.3 Å². The van der Waals surface area contributed by atoms with Crippen LogP contribution in [-0.2, 0) is 0 Å². The van der Waals surface area contributed by atoms with Crippen LogP contribution in [0.2, 0.25) is 0 Å². The summed E-state index contributed by atoms with van der Waals surface area (Å²) < 4.78 is 0. The molecule has 1 aromatic carbocycles. The summed E-state index contributed by atoms with van der Waals surface area (Å²) in [6.07, 6.45) is 6.55. The molecule has 7 nitrogen and oxygen atoms in total. The predicted molar refractivity (Wildman–Crippen MR) is 100 cm³/mol. The van der Waals surface area contributed by atoms with E-state index in [9.17, 15) is 0 Å². The zero-order valence-corrected chi connectivity index (χ0v) is 14.3. The number of rotatable bonds is 5. The summed E-state index contributed by atoms with van der Waals surface area (Å²) in [6.45, 7) is 4.04. The van der Waals surface area contributed by atoms with Gasteiger partial charge in [-0.05, 0) is 31.2 Å². The molecular formula is C18H23N7. The van der Waals surface area contributed by atoms with Gasteiger partial charge >= 0.3 is 0 Å². The molecule has 0 unspecified atom stereocenters. The molecule has 0 aliphatic carbocycles. The average molecular weight is 337 g/mol. The molecule has 0 atom stereocenters. The topological polar surface area (TPSA) is 69.5 Å². The van der Waals surface area contributed by atoms with Gasteiger partial charge in [0.15, 0.2) is 0 Å². The van der Waals surface area contributed by atoms with Crippen molar-refractivity contribution in [1.82, 2.24) is 15.0 Å². The lowest BCUT2D eigenvalue weighted by molar-refractivity contribution is 0.838. The number of hydrazone groups is 1. The van der Waals surface area contributed by atoms with Crippen LogP contribution in [0.1, 0.15) is 31.2 Å². The van der Waals surface area contributed by atoms with Gasteiger partial charge in [0.05, 0.1) is 6.21 Å². The quantitative estimate of drug-likeness (QED) is 0.668. The summed E-state index contributed by atoms with van der Waals surface area (Å²) in [5, 5.41) is 4.28. The Kier molecular flexibility index (Phi) is 4.72. The van der Waals surface area contributed by atoms with Gasteiger partial charge in [0.1, 0.15) is 0 Å². The normalized spacial score (nSPS) is 17.6. The van der Waals surface area contributed by atoms with Crippen LogP contribution in [0.4, 0.5) is 17.8 Å². The molecule has 4 rings (SSSR count). The summed E-state index contributed by atoms with van der Waals surface area (Å²) >= 11 is 0. The zero-order chi connectivity index (χ0) is 16.9. The van der Waals surface area contributed by atoms with E-state index in [1.807, 2.05) is 30.3 Å². The highest BCUT2D eigenvalue weighted by Gasteiger charge is 2.21. The lowest BCUT2D eigenvalue weighted by Gasteiger charge is -2.20. The van der Waals surface area contributed by atoms with E-state index in [-0.39, 0.29) is 0 Å². The second-order valence-electron chi connectivity index (χ2n) is 6.43. The molecule has 2 aromatic rings. The van der Waals surface area contributed by atoms with Crippen LogP contribution in [0.15, 0.2) is 35.4 Å². The van der Waals surface area contributed by atoms with Crippen LogP contribution in [0.25, 0.3) is 0 Å². The van der Waals surface area contributed by atoms with Gasteiger partial charge < -0.3 is 9.80 Å². The Morgan fingerprint density at radius 3 is 1.92 bits per heavy atom. The fourth-order valence-electron chi connectivity index (χ4n) is 3.22. The fourth-order valence-corrected chi connectivity index (χ4v) is 3.22. The number of hydrogen-bond acceptors (Lipinski definition) is 7. The van der Waals surface area contributed by atoms with Crippen LogP contribution < -0.4 is 15.2 Å². The van der Waals surface area contributed by atoms with E-state index in [1.54, 1.807) is 6.21 Å². The molecule has 2 fully saturated rings. The van der Waals surface area contributed by atoms with Crippen molar-refractivity contribution in [2.75, 3.05) is 41.4 Å². The van der Waals surface area contributed by atoms with Crippen molar-refractivity contribution in [1.29, 1.82) is 0 Å². The molecule has 3 heterocycles. The molecular weight excluding hydrogens is 314 g/mol. The molecule has 2 aliphatic heterocycles. The Hall–Kier alpha value is -2.70. The van der Waals surface area contributed by atoms with Gasteiger partial charge in [-0.2, -0.15) is 20.1 Å². The van der Waals surface area contributed by atoms with Crippen LogP contribution in [-0.4, -0.2) is 47.3 Å². The highest BCUT2D eigenvalue weighted by Crippen LogP contribution is 2.22. The lowest BCUT2D eigenvalue weighted by atomic mass is 10.2. The molecule has 7 heteroatoms. The number of aromatic nitrogens is 3. The summed E-state index contributed by atoms with van der Waals surface area (Å²) in [5.41, 5.74) is 4.01. The van der Waals surface area contributed by atoms with E-state index in [0.717, 1.165) is 43.6 Å². The van der Waals surface area contributed by atoms with Gasteiger partial charge in [-0.25, -0.2) is 5.43 Å². The van der Waals surface area contributed by atoms with Crippen molar-refractivity contribution in [2.24, 2.45) is 5.10 Å². The van der Waals surface area contributed by atoms with Gasteiger partial charge in [0, 0.05) is 26.2 Å². The molecule has 0 saturated carbocycles. The molecule has 1 aromatic heterocycles. The van der Waals surface area contributed by atoms with Gasteiger partial charge in [0.2, 0.25) is 17.8 Å². The molecule has 25 heavy (non-hydrogen) atoms. The number of nitrogens with zero attached hydrogens (tertiary/aromatic N) is 6. The van der Waals surface area contributed by atoms with Crippen molar-refractivity contribution in [3.8, 4) is 0 Å². The first kappa shape index (κ1) is 15.8. The number of benzene rings is 1. The summed E-state index contributed by atoms with van der Waals surface area (Å²) in [5.74, 6) is 2.02. The summed E-state index contributed by atoms with van der Waals surface area (Å²) in [4.78, 5) is 18.3. The second kappa shape index (κ2) is 7.46. The van der Waals surface area contributed by atoms with Gasteiger partial charge in [-0.3, -0.25) is 0 Å². The molecule has 130 valence electrons. The van der Waals surface area contributed by atoms with Crippen LogP contribution in [0.5, 0.6) is 0 Å². The maximum Gasteiger partial charge on any atom is 0.250 e. The van der Waals surface area contributed by atoms with E-state index in [2.05, 4.69) is 30.3 Å². The van der Waals surface area contributed by atoms with Crippen molar-refractivity contribution in [3.63, 3.8) is 0 Å².